The molecule has 1 aromatic heterocycles. The zero-order valence-electron chi connectivity index (χ0n) is 9.66. The summed E-state index contributed by atoms with van der Waals surface area (Å²) in [6.07, 6.45) is 1.35. The highest BCUT2D eigenvalue weighted by Crippen LogP contribution is 2.27. The second-order valence-electron chi connectivity index (χ2n) is 3.51. The Bertz CT molecular complexity index is 511. The lowest BCUT2D eigenvalue weighted by Crippen LogP contribution is -2.06. The van der Waals surface area contributed by atoms with Gasteiger partial charge in [0.1, 0.15) is 5.69 Å². The van der Waals surface area contributed by atoms with Crippen molar-refractivity contribution in [1.82, 2.24) is 10.3 Å². The van der Waals surface area contributed by atoms with Crippen LogP contribution in [0.5, 0.6) is 5.75 Å². The summed E-state index contributed by atoms with van der Waals surface area (Å²) in [6.45, 7) is 0.569. The first-order valence-electron chi connectivity index (χ1n) is 5.17. The number of hydrogen-bond donors (Lipinski definition) is 1. The van der Waals surface area contributed by atoms with Crippen LogP contribution in [0.4, 0.5) is 4.39 Å². The summed E-state index contributed by atoms with van der Waals surface area (Å²) >= 11 is 0. The predicted octanol–water partition coefficient (Wildman–Crippen LogP) is 2.21. The molecule has 0 spiro atoms. The van der Waals surface area contributed by atoms with Crippen molar-refractivity contribution in [3.8, 4) is 17.1 Å². The zero-order valence-corrected chi connectivity index (χ0v) is 9.66. The molecule has 0 saturated heterocycles. The largest absolute Gasteiger partial charge is 0.494 e. The van der Waals surface area contributed by atoms with Crippen molar-refractivity contribution >= 4 is 0 Å². The van der Waals surface area contributed by atoms with Gasteiger partial charge in [0.15, 0.2) is 23.7 Å². The van der Waals surface area contributed by atoms with Crippen LogP contribution < -0.4 is 10.1 Å². The highest BCUT2D eigenvalue weighted by molar-refractivity contribution is 5.61. The molecule has 0 aliphatic rings. The maximum absolute atomic E-state index is 13.6. The molecule has 0 aliphatic heterocycles. The van der Waals surface area contributed by atoms with Gasteiger partial charge in [-0.2, -0.15) is 0 Å². The normalized spacial score (nSPS) is 10.5. The first-order valence-corrected chi connectivity index (χ1v) is 5.17. The van der Waals surface area contributed by atoms with Crippen LogP contribution in [0.3, 0.4) is 0 Å². The minimum Gasteiger partial charge on any atom is -0.494 e. The minimum atomic E-state index is -0.420. The molecule has 1 N–H and O–H groups in total. The van der Waals surface area contributed by atoms with Gasteiger partial charge in [0.05, 0.1) is 7.11 Å². The highest BCUT2D eigenvalue weighted by Gasteiger charge is 2.12. The summed E-state index contributed by atoms with van der Waals surface area (Å²) in [5.41, 5.74) is 1.39. The van der Waals surface area contributed by atoms with E-state index in [1.54, 1.807) is 12.1 Å². The second-order valence-corrected chi connectivity index (χ2v) is 3.51. The first kappa shape index (κ1) is 11.6. The maximum atomic E-state index is 13.6. The molecule has 0 aliphatic carbocycles. The van der Waals surface area contributed by atoms with E-state index in [0.717, 1.165) is 5.69 Å². The van der Waals surface area contributed by atoms with Crippen molar-refractivity contribution in [2.75, 3.05) is 14.2 Å². The van der Waals surface area contributed by atoms with Gasteiger partial charge >= 0.3 is 0 Å². The van der Waals surface area contributed by atoms with Gasteiger partial charge < -0.3 is 14.5 Å². The van der Waals surface area contributed by atoms with Crippen LogP contribution in [0.1, 0.15) is 5.69 Å². The molecule has 2 aromatic rings. The Morgan fingerprint density at radius 3 is 2.94 bits per heavy atom. The van der Waals surface area contributed by atoms with E-state index >= 15 is 0 Å². The molecule has 0 bridgehead atoms. The molecule has 0 atom stereocenters. The number of halogens is 1. The predicted molar refractivity (Wildman–Crippen MR) is 61.2 cm³/mol. The highest BCUT2D eigenvalue weighted by atomic mass is 19.1. The fourth-order valence-electron chi connectivity index (χ4n) is 1.60. The molecule has 5 heteroatoms. The van der Waals surface area contributed by atoms with E-state index in [1.807, 2.05) is 7.05 Å². The van der Waals surface area contributed by atoms with Crippen molar-refractivity contribution in [1.29, 1.82) is 0 Å². The Hall–Kier alpha value is -1.88. The molecule has 2 rings (SSSR count). The van der Waals surface area contributed by atoms with Gasteiger partial charge in [0.2, 0.25) is 0 Å². The molecule has 0 unspecified atom stereocenters. The van der Waals surface area contributed by atoms with Gasteiger partial charge in [-0.25, -0.2) is 9.37 Å². The van der Waals surface area contributed by atoms with Crippen LogP contribution in [-0.2, 0) is 6.54 Å². The van der Waals surface area contributed by atoms with Gasteiger partial charge in [-0.3, -0.25) is 0 Å². The monoisotopic (exact) mass is 236 g/mol. The van der Waals surface area contributed by atoms with Gasteiger partial charge in [-0.1, -0.05) is 0 Å². The third-order valence-corrected chi connectivity index (χ3v) is 2.40. The molecule has 1 heterocycles. The number of oxazole rings is 1. The fraction of sp³-hybridized carbons (Fsp3) is 0.250. The van der Waals surface area contributed by atoms with Crippen LogP contribution in [0.2, 0.25) is 0 Å². The van der Waals surface area contributed by atoms with E-state index in [-0.39, 0.29) is 5.75 Å². The van der Waals surface area contributed by atoms with E-state index in [4.69, 9.17) is 9.15 Å². The van der Waals surface area contributed by atoms with Gasteiger partial charge in [0, 0.05) is 12.1 Å². The Morgan fingerprint density at radius 1 is 1.47 bits per heavy atom. The molecule has 0 saturated carbocycles. The number of nitrogens with zero attached hydrogens (tertiary/aromatic N) is 1. The van der Waals surface area contributed by atoms with E-state index < -0.39 is 5.82 Å². The molecule has 0 radical (unpaired) electrons. The van der Waals surface area contributed by atoms with Crippen LogP contribution in [0.15, 0.2) is 29.0 Å². The SMILES string of the molecule is CNCc1ncoc1-c1ccc(OC)c(F)c1. The van der Waals surface area contributed by atoms with Crippen molar-refractivity contribution < 1.29 is 13.5 Å². The molecular weight excluding hydrogens is 223 g/mol. The van der Waals surface area contributed by atoms with Crippen molar-refractivity contribution in [3.63, 3.8) is 0 Å². The number of benzene rings is 1. The van der Waals surface area contributed by atoms with E-state index in [2.05, 4.69) is 10.3 Å². The van der Waals surface area contributed by atoms with Crippen molar-refractivity contribution in [2.24, 2.45) is 0 Å². The third-order valence-electron chi connectivity index (χ3n) is 2.40. The summed E-state index contributed by atoms with van der Waals surface area (Å²) < 4.78 is 23.7. The molecular formula is C12H13FN2O2. The molecule has 90 valence electrons. The lowest BCUT2D eigenvalue weighted by atomic mass is 10.1. The van der Waals surface area contributed by atoms with E-state index in [0.29, 0.717) is 17.9 Å². The molecule has 4 nitrogen and oxygen atoms in total. The lowest BCUT2D eigenvalue weighted by Gasteiger charge is -2.04. The van der Waals surface area contributed by atoms with Crippen molar-refractivity contribution in [2.45, 2.75) is 6.54 Å². The fourth-order valence-corrected chi connectivity index (χ4v) is 1.60. The smallest absolute Gasteiger partial charge is 0.181 e. The van der Waals surface area contributed by atoms with Crippen LogP contribution in [0, 0.1) is 5.82 Å². The maximum Gasteiger partial charge on any atom is 0.181 e. The average Bonchev–Trinajstić information content (AvgIpc) is 2.78. The number of hydrogen-bond acceptors (Lipinski definition) is 4. The first-order chi connectivity index (χ1) is 8.26. The van der Waals surface area contributed by atoms with Crippen LogP contribution in [0.25, 0.3) is 11.3 Å². The summed E-state index contributed by atoms with van der Waals surface area (Å²) in [6, 6.07) is 4.68. The van der Waals surface area contributed by atoms with Gasteiger partial charge in [0.25, 0.3) is 0 Å². The molecule has 17 heavy (non-hydrogen) atoms. The number of aromatic nitrogens is 1. The van der Waals surface area contributed by atoms with Crippen LogP contribution in [-0.4, -0.2) is 19.1 Å². The zero-order chi connectivity index (χ0) is 12.3. The van der Waals surface area contributed by atoms with E-state index in [9.17, 15) is 4.39 Å². The Kier molecular flexibility index (Phi) is 3.39. The summed E-state index contributed by atoms with van der Waals surface area (Å²) in [5.74, 6) is 0.362. The van der Waals surface area contributed by atoms with E-state index in [1.165, 1.54) is 19.6 Å². The third kappa shape index (κ3) is 2.29. The lowest BCUT2D eigenvalue weighted by molar-refractivity contribution is 0.386. The molecule has 0 fully saturated rings. The molecule has 1 aromatic carbocycles. The number of nitrogens with one attached hydrogen (secondary N) is 1. The van der Waals surface area contributed by atoms with Crippen LogP contribution >= 0.6 is 0 Å². The number of rotatable bonds is 4. The Balaban J connectivity index is 2.39. The van der Waals surface area contributed by atoms with Gasteiger partial charge in [-0.15, -0.1) is 0 Å². The summed E-state index contributed by atoms with van der Waals surface area (Å²) in [5, 5.41) is 2.98. The standard InChI is InChI=1S/C12H13FN2O2/c1-14-6-10-12(17-7-15-10)8-3-4-11(16-2)9(13)5-8/h3-5,7,14H,6H2,1-2H3. The van der Waals surface area contributed by atoms with Gasteiger partial charge in [-0.05, 0) is 25.2 Å². The quantitative estimate of drug-likeness (QED) is 0.884. The minimum absolute atomic E-state index is 0.212. The molecule has 0 amide bonds. The van der Waals surface area contributed by atoms with Crippen molar-refractivity contribution in [3.05, 3.63) is 36.1 Å². The summed E-state index contributed by atoms with van der Waals surface area (Å²) in [4.78, 5) is 4.07. The number of ether oxygens (including phenoxy) is 1. The topological polar surface area (TPSA) is 47.3 Å². The second kappa shape index (κ2) is 4.97. The Morgan fingerprint density at radius 2 is 2.29 bits per heavy atom. The average molecular weight is 236 g/mol. The summed E-state index contributed by atoms with van der Waals surface area (Å²) in [7, 11) is 3.24. The number of methoxy groups -OCH3 is 1. The Labute approximate surface area is 98.4 Å².